The molecule has 3 heteroatoms. The van der Waals surface area contributed by atoms with E-state index in [-0.39, 0.29) is 0 Å². The Kier molecular flexibility index (Phi) is 7.09. The smallest absolute Gasteiger partial charge is 0.0593 e. The average Bonchev–Trinajstić information content (AvgIpc) is 2.29. The number of nitrogens with zero attached hydrogens (tertiary/aromatic N) is 1. The fourth-order valence-electron chi connectivity index (χ4n) is 2.32. The average molecular weight is 242 g/mol. The Labute approximate surface area is 107 Å². The van der Waals surface area contributed by atoms with Crippen LogP contribution in [0.2, 0.25) is 0 Å². The molecule has 0 aromatic heterocycles. The lowest BCUT2D eigenvalue weighted by atomic mass is 9.91. The number of hydrogen-bond acceptors (Lipinski definition) is 3. The van der Waals surface area contributed by atoms with Crippen LogP contribution in [0.15, 0.2) is 0 Å². The summed E-state index contributed by atoms with van der Waals surface area (Å²) in [6, 6.07) is 0.361. The summed E-state index contributed by atoms with van der Waals surface area (Å²) in [4.78, 5) is 2.51. The van der Waals surface area contributed by atoms with Crippen molar-refractivity contribution in [2.45, 2.75) is 46.1 Å². The van der Waals surface area contributed by atoms with E-state index in [2.05, 4.69) is 25.7 Å². The van der Waals surface area contributed by atoms with Gasteiger partial charge >= 0.3 is 0 Å². The molecule has 0 aromatic carbocycles. The third-order valence-electron chi connectivity index (χ3n) is 3.77. The van der Waals surface area contributed by atoms with Gasteiger partial charge in [0.15, 0.2) is 0 Å². The zero-order chi connectivity index (χ0) is 12.7. The lowest BCUT2D eigenvalue weighted by Gasteiger charge is -2.33. The van der Waals surface area contributed by atoms with Gasteiger partial charge in [0, 0.05) is 19.2 Å². The van der Waals surface area contributed by atoms with Crippen LogP contribution < -0.4 is 5.73 Å². The lowest BCUT2D eigenvalue weighted by molar-refractivity contribution is 0.0807. The van der Waals surface area contributed by atoms with Crippen molar-refractivity contribution in [1.29, 1.82) is 0 Å². The maximum atomic E-state index is 5.94. The second-order valence-electron chi connectivity index (χ2n) is 5.83. The molecule has 0 bridgehead atoms. The van der Waals surface area contributed by atoms with Gasteiger partial charge in [-0.1, -0.05) is 13.8 Å². The summed E-state index contributed by atoms with van der Waals surface area (Å²) >= 11 is 0. The predicted octanol–water partition coefficient (Wildman–Crippen LogP) is 2.11. The van der Waals surface area contributed by atoms with Gasteiger partial charge in [0.1, 0.15) is 0 Å². The van der Waals surface area contributed by atoms with E-state index >= 15 is 0 Å². The van der Waals surface area contributed by atoms with E-state index in [1.165, 1.54) is 32.4 Å². The Morgan fingerprint density at radius 1 is 1.18 bits per heavy atom. The largest absolute Gasteiger partial charge is 0.380 e. The lowest BCUT2D eigenvalue weighted by Crippen LogP contribution is -2.40. The van der Waals surface area contributed by atoms with Gasteiger partial charge in [-0.25, -0.2) is 0 Å². The number of nitrogens with two attached hydrogens (primary N) is 1. The molecule has 0 aliphatic carbocycles. The highest BCUT2D eigenvalue weighted by atomic mass is 16.5. The van der Waals surface area contributed by atoms with Crippen LogP contribution in [0.3, 0.4) is 0 Å². The first-order valence-electron chi connectivity index (χ1n) is 7.15. The monoisotopic (exact) mass is 242 g/mol. The minimum absolute atomic E-state index is 0.361. The van der Waals surface area contributed by atoms with Crippen LogP contribution in [0.1, 0.15) is 40.0 Å². The second-order valence-corrected chi connectivity index (χ2v) is 5.83. The molecule has 1 rings (SSSR count). The van der Waals surface area contributed by atoms with Gasteiger partial charge in [0.05, 0.1) is 6.61 Å². The van der Waals surface area contributed by atoms with Crippen molar-refractivity contribution in [3.63, 3.8) is 0 Å². The van der Waals surface area contributed by atoms with Gasteiger partial charge in [-0.15, -0.1) is 0 Å². The van der Waals surface area contributed by atoms with Crippen LogP contribution in [-0.2, 0) is 4.74 Å². The summed E-state index contributed by atoms with van der Waals surface area (Å²) in [7, 11) is 0. The molecule has 17 heavy (non-hydrogen) atoms. The fraction of sp³-hybridized carbons (Fsp3) is 1.00. The van der Waals surface area contributed by atoms with Gasteiger partial charge in [0.2, 0.25) is 0 Å². The minimum atomic E-state index is 0.361. The molecule has 2 N–H and O–H groups in total. The molecule has 1 unspecified atom stereocenters. The van der Waals surface area contributed by atoms with Crippen molar-refractivity contribution in [2.24, 2.45) is 17.6 Å². The molecule has 1 aliphatic heterocycles. The molecule has 1 aliphatic rings. The zero-order valence-corrected chi connectivity index (χ0v) is 11.8. The molecule has 0 spiro atoms. The zero-order valence-electron chi connectivity index (χ0n) is 11.8. The number of rotatable bonds is 7. The van der Waals surface area contributed by atoms with Crippen LogP contribution in [-0.4, -0.2) is 43.8 Å². The van der Waals surface area contributed by atoms with E-state index in [1.807, 2.05) is 0 Å². The maximum Gasteiger partial charge on any atom is 0.0593 e. The molecule has 1 saturated heterocycles. The van der Waals surface area contributed by atoms with Crippen molar-refractivity contribution >= 4 is 0 Å². The minimum Gasteiger partial charge on any atom is -0.380 e. The molecule has 0 saturated carbocycles. The second kappa shape index (κ2) is 8.06. The first-order chi connectivity index (χ1) is 8.09. The fourth-order valence-corrected chi connectivity index (χ4v) is 2.32. The third kappa shape index (κ3) is 6.39. The summed E-state index contributed by atoms with van der Waals surface area (Å²) < 4.78 is 5.66. The highest BCUT2D eigenvalue weighted by Crippen LogP contribution is 2.19. The van der Waals surface area contributed by atoms with E-state index in [4.69, 9.17) is 10.5 Å². The van der Waals surface area contributed by atoms with Crippen molar-refractivity contribution in [2.75, 3.05) is 32.8 Å². The molecule has 0 amide bonds. The number of ether oxygens (including phenoxy) is 1. The molecule has 0 radical (unpaired) electrons. The van der Waals surface area contributed by atoms with Crippen molar-refractivity contribution in [3.05, 3.63) is 0 Å². The summed E-state index contributed by atoms with van der Waals surface area (Å²) in [5, 5.41) is 0. The Morgan fingerprint density at radius 3 is 2.35 bits per heavy atom. The molecule has 1 atom stereocenters. The van der Waals surface area contributed by atoms with E-state index in [0.717, 1.165) is 31.6 Å². The summed E-state index contributed by atoms with van der Waals surface area (Å²) in [5.41, 5.74) is 5.94. The highest BCUT2D eigenvalue weighted by molar-refractivity contribution is 4.77. The molecule has 102 valence electrons. The van der Waals surface area contributed by atoms with Crippen LogP contribution >= 0.6 is 0 Å². The van der Waals surface area contributed by atoms with Crippen LogP contribution in [0.25, 0.3) is 0 Å². The predicted molar refractivity (Wildman–Crippen MR) is 73.1 cm³/mol. The SMILES string of the molecule is CC(C)CCOCCN1CCC(C(C)N)CC1. The Bertz CT molecular complexity index is 187. The third-order valence-corrected chi connectivity index (χ3v) is 3.77. The van der Waals surface area contributed by atoms with E-state index in [9.17, 15) is 0 Å². The first kappa shape index (κ1) is 14.9. The molecule has 1 heterocycles. The van der Waals surface area contributed by atoms with Crippen LogP contribution in [0.4, 0.5) is 0 Å². The standard InChI is InChI=1S/C14H30N2O/c1-12(2)6-10-17-11-9-16-7-4-14(5-8-16)13(3)15/h12-14H,4-11,15H2,1-3H3. The Balaban J connectivity index is 1.99. The first-order valence-corrected chi connectivity index (χ1v) is 7.15. The highest BCUT2D eigenvalue weighted by Gasteiger charge is 2.21. The summed E-state index contributed by atoms with van der Waals surface area (Å²) in [6.45, 7) is 11.9. The van der Waals surface area contributed by atoms with E-state index in [1.54, 1.807) is 0 Å². The molecular formula is C14H30N2O. The van der Waals surface area contributed by atoms with Crippen molar-refractivity contribution in [1.82, 2.24) is 4.90 Å². The van der Waals surface area contributed by atoms with Crippen molar-refractivity contribution < 1.29 is 4.74 Å². The van der Waals surface area contributed by atoms with Gasteiger partial charge in [-0.2, -0.15) is 0 Å². The van der Waals surface area contributed by atoms with E-state index < -0.39 is 0 Å². The van der Waals surface area contributed by atoms with Crippen LogP contribution in [0, 0.1) is 11.8 Å². The summed E-state index contributed by atoms with van der Waals surface area (Å²) in [5.74, 6) is 1.48. The Hall–Kier alpha value is -0.120. The molecule has 3 nitrogen and oxygen atoms in total. The van der Waals surface area contributed by atoms with Gasteiger partial charge < -0.3 is 15.4 Å². The van der Waals surface area contributed by atoms with Gasteiger partial charge in [-0.05, 0) is 51.1 Å². The quantitative estimate of drug-likeness (QED) is 0.695. The number of likely N-dealkylation sites (tertiary alicyclic amines) is 1. The van der Waals surface area contributed by atoms with Gasteiger partial charge in [-0.3, -0.25) is 0 Å². The van der Waals surface area contributed by atoms with Crippen molar-refractivity contribution in [3.8, 4) is 0 Å². The van der Waals surface area contributed by atoms with E-state index in [0.29, 0.717) is 6.04 Å². The maximum absolute atomic E-state index is 5.94. The number of piperidine rings is 1. The number of hydrogen-bond donors (Lipinski definition) is 1. The van der Waals surface area contributed by atoms with Crippen LogP contribution in [0.5, 0.6) is 0 Å². The normalized spacial score (nSPS) is 21.0. The molecule has 1 fully saturated rings. The van der Waals surface area contributed by atoms with Gasteiger partial charge in [0.25, 0.3) is 0 Å². The molecular weight excluding hydrogens is 212 g/mol. The Morgan fingerprint density at radius 2 is 1.82 bits per heavy atom. The topological polar surface area (TPSA) is 38.5 Å². The summed E-state index contributed by atoms with van der Waals surface area (Å²) in [6.07, 6.45) is 3.68. The molecule has 0 aromatic rings.